The highest BCUT2D eigenvalue weighted by Crippen LogP contribution is 2.33. The summed E-state index contributed by atoms with van der Waals surface area (Å²) >= 11 is 0. The van der Waals surface area contributed by atoms with Gasteiger partial charge in [0, 0.05) is 10.9 Å². The fraction of sp³-hybridized carbons (Fsp3) is 0.200. The molecule has 0 aliphatic heterocycles. The van der Waals surface area contributed by atoms with E-state index in [1.807, 2.05) is 49.4 Å². The zero-order valence-corrected chi connectivity index (χ0v) is 14.8. The number of aryl methyl sites for hydroxylation is 1. The minimum Gasteiger partial charge on any atom is -0.497 e. The van der Waals surface area contributed by atoms with Crippen molar-refractivity contribution in [1.82, 2.24) is 10.1 Å². The van der Waals surface area contributed by atoms with Crippen LogP contribution in [0.1, 0.15) is 17.0 Å². The Morgan fingerprint density at radius 3 is 2.62 bits per heavy atom. The second-order valence-electron chi connectivity index (χ2n) is 5.96. The highest BCUT2D eigenvalue weighted by molar-refractivity contribution is 5.87. The molecule has 4 rings (SSSR count). The molecular weight excluding hydrogens is 332 g/mol. The van der Waals surface area contributed by atoms with Crippen molar-refractivity contribution in [1.29, 1.82) is 0 Å². The van der Waals surface area contributed by atoms with Crippen molar-refractivity contribution in [2.45, 2.75) is 13.3 Å². The summed E-state index contributed by atoms with van der Waals surface area (Å²) in [5.74, 6) is 3.14. The first-order valence-electron chi connectivity index (χ1n) is 8.21. The number of benzene rings is 2. The summed E-state index contributed by atoms with van der Waals surface area (Å²) in [6.45, 7) is 1.97. The van der Waals surface area contributed by atoms with Crippen LogP contribution in [0, 0.1) is 6.92 Å². The van der Waals surface area contributed by atoms with Gasteiger partial charge in [-0.2, -0.15) is 4.98 Å². The van der Waals surface area contributed by atoms with E-state index in [9.17, 15) is 0 Å². The lowest BCUT2D eigenvalue weighted by atomic mass is 10.1. The van der Waals surface area contributed by atoms with E-state index in [1.165, 1.54) is 0 Å². The normalized spacial score (nSPS) is 11.0. The monoisotopic (exact) mass is 350 g/mol. The summed E-state index contributed by atoms with van der Waals surface area (Å²) in [6, 6.07) is 13.4. The minimum absolute atomic E-state index is 0.440. The molecule has 0 unspecified atom stereocenters. The van der Waals surface area contributed by atoms with Crippen molar-refractivity contribution in [2.75, 3.05) is 14.2 Å². The van der Waals surface area contributed by atoms with Gasteiger partial charge in [-0.25, -0.2) is 0 Å². The molecule has 2 aromatic heterocycles. The molecule has 132 valence electrons. The quantitative estimate of drug-likeness (QED) is 0.531. The minimum atomic E-state index is 0.440. The molecule has 0 aliphatic rings. The summed E-state index contributed by atoms with van der Waals surface area (Å²) in [5, 5.41) is 5.05. The summed E-state index contributed by atoms with van der Waals surface area (Å²) in [6.07, 6.45) is 0.525. The van der Waals surface area contributed by atoms with E-state index in [-0.39, 0.29) is 0 Å². The van der Waals surface area contributed by atoms with Crippen LogP contribution in [0.15, 0.2) is 51.4 Å². The van der Waals surface area contributed by atoms with Gasteiger partial charge in [-0.05, 0) is 42.8 Å². The molecular formula is C20H18N2O4. The van der Waals surface area contributed by atoms with Crippen LogP contribution in [0.3, 0.4) is 0 Å². The van der Waals surface area contributed by atoms with E-state index in [0.29, 0.717) is 23.9 Å². The molecule has 0 saturated carbocycles. The number of fused-ring (bicyclic) bond motifs is 1. The highest BCUT2D eigenvalue weighted by Gasteiger charge is 2.18. The van der Waals surface area contributed by atoms with E-state index < -0.39 is 0 Å². The number of furan rings is 1. The number of hydrogen-bond donors (Lipinski definition) is 0. The summed E-state index contributed by atoms with van der Waals surface area (Å²) in [4.78, 5) is 4.49. The molecule has 0 spiro atoms. The first kappa shape index (κ1) is 16.2. The average molecular weight is 350 g/mol. The third kappa shape index (κ3) is 2.90. The molecule has 6 nitrogen and oxygen atoms in total. The first-order chi connectivity index (χ1) is 12.7. The lowest BCUT2D eigenvalue weighted by Gasteiger charge is -2.01. The number of hydrogen-bond acceptors (Lipinski definition) is 6. The number of rotatable bonds is 5. The molecule has 0 saturated heterocycles. The Hall–Kier alpha value is -3.28. The SMILES string of the molecule is COc1cccc(Cc2nc(-c3oc4ccc(OC)cc4c3C)no2)c1. The van der Waals surface area contributed by atoms with Crippen molar-refractivity contribution in [3.63, 3.8) is 0 Å². The van der Waals surface area contributed by atoms with E-state index in [2.05, 4.69) is 10.1 Å². The highest BCUT2D eigenvalue weighted by atomic mass is 16.5. The van der Waals surface area contributed by atoms with E-state index in [4.69, 9.17) is 18.4 Å². The van der Waals surface area contributed by atoms with Crippen LogP contribution >= 0.6 is 0 Å². The van der Waals surface area contributed by atoms with E-state index in [1.54, 1.807) is 14.2 Å². The van der Waals surface area contributed by atoms with Gasteiger partial charge >= 0.3 is 0 Å². The van der Waals surface area contributed by atoms with Gasteiger partial charge in [-0.3, -0.25) is 0 Å². The van der Waals surface area contributed by atoms with Gasteiger partial charge in [-0.1, -0.05) is 17.3 Å². The molecule has 26 heavy (non-hydrogen) atoms. The van der Waals surface area contributed by atoms with Crippen molar-refractivity contribution in [2.24, 2.45) is 0 Å². The van der Waals surface area contributed by atoms with Gasteiger partial charge in [0.1, 0.15) is 17.1 Å². The van der Waals surface area contributed by atoms with Crippen LogP contribution in [-0.4, -0.2) is 24.4 Å². The van der Waals surface area contributed by atoms with Crippen LogP contribution in [0.4, 0.5) is 0 Å². The summed E-state index contributed by atoms with van der Waals surface area (Å²) in [5.41, 5.74) is 2.75. The Morgan fingerprint density at radius 1 is 1.00 bits per heavy atom. The molecule has 4 aromatic rings. The molecule has 0 amide bonds. The fourth-order valence-electron chi connectivity index (χ4n) is 2.92. The molecule has 0 radical (unpaired) electrons. The Morgan fingerprint density at radius 2 is 1.81 bits per heavy atom. The molecule has 0 atom stereocenters. The number of methoxy groups -OCH3 is 2. The Bertz CT molecular complexity index is 1060. The first-order valence-corrected chi connectivity index (χ1v) is 8.21. The van der Waals surface area contributed by atoms with Crippen molar-refractivity contribution < 1.29 is 18.4 Å². The van der Waals surface area contributed by atoms with Crippen LogP contribution in [0.2, 0.25) is 0 Å². The maximum atomic E-state index is 5.92. The van der Waals surface area contributed by atoms with Gasteiger partial charge in [0.2, 0.25) is 11.7 Å². The van der Waals surface area contributed by atoms with Crippen LogP contribution in [0.5, 0.6) is 11.5 Å². The second kappa shape index (κ2) is 6.55. The molecule has 0 aliphatic carbocycles. The lowest BCUT2D eigenvalue weighted by molar-refractivity contribution is 0.384. The maximum Gasteiger partial charge on any atom is 0.238 e. The molecule has 2 heterocycles. The third-order valence-electron chi connectivity index (χ3n) is 4.30. The predicted octanol–water partition coefficient (Wildman–Crippen LogP) is 4.40. The zero-order chi connectivity index (χ0) is 18.1. The molecule has 0 bridgehead atoms. The second-order valence-corrected chi connectivity index (χ2v) is 5.96. The fourth-order valence-corrected chi connectivity index (χ4v) is 2.92. The Balaban J connectivity index is 1.65. The largest absolute Gasteiger partial charge is 0.497 e. The Kier molecular flexibility index (Phi) is 4.08. The van der Waals surface area contributed by atoms with E-state index >= 15 is 0 Å². The van der Waals surface area contributed by atoms with Gasteiger partial charge in [0.25, 0.3) is 0 Å². The van der Waals surface area contributed by atoms with Gasteiger partial charge in [-0.15, -0.1) is 0 Å². The number of aromatic nitrogens is 2. The number of nitrogens with zero attached hydrogens (tertiary/aromatic N) is 2. The van der Waals surface area contributed by atoms with Gasteiger partial charge in [0.05, 0.1) is 20.6 Å². The third-order valence-corrected chi connectivity index (χ3v) is 4.30. The zero-order valence-electron chi connectivity index (χ0n) is 14.8. The average Bonchev–Trinajstić information content (AvgIpc) is 3.26. The van der Waals surface area contributed by atoms with Crippen molar-refractivity contribution >= 4 is 11.0 Å². The Labute approximate surface area is 150 Å². The smallest absolute Gasteiger partial charge is 0.238 e. The molecule has 6 heteroatoms. The lowest BCUT2D eigenvalue weighted by Crippen LogP contribution is -1.90. The van der Waals surface area contributed by atoms with E-state index in [0.717, 1.165) is 33.6 Å². The van der Waals surface area contributed by atoms with Gasteiger partial charge in [0.15, 0.2) is 5.76 Å². The number of ether oxygens (including phenoxy) is 2. The standard InChI is InChI=1S/C20H18N2O4/c1-12-16-11-15(24-3)7-8-17(16)25-19(12)20-21-18(26-22-20)10-13-5-4-6-14(9-13)23-2/h4-9,11H,10H2,1-3H3. The summed E-state index contributed by atoms with van der Waals surface area (Å²) < 4.78 is 21.9. The van der Waals surface area contributed by atoms with Crippen LogP contribution in [0.25, 0.3) is 22.6 Å². The van der Waals surface area contributed by atoms with Crippen LogP contribution in [-0.2, 0) is 6.42 Å². The van der Waals surface area contributed by atoms with Crippen molar-refractivity contribution in [3.05, 3.63) is 59.5 Å². The molecule has 2 aromatic carbocycles. The topological polar surface area (TPSA) is 70.5 Å². The van der Waals surface area contributed by atoms with Crippen LogP contribution < -0.4 is 9.47 Å². The van der Waals surface area contributed by atoms with Crippen molar-refractivity contribution in [3.8, 4) is 23.1 Å². The maximum absolute atomic E-state index is 5.92. The molecule has 0 fully saturated rings. The molecule has 0 N–H and O–H groups in total. The predicted molar refractivity (Wildman–Crippen MR) is 96.6 cm³/mol. The van der Waals surface area contributed by atoms with Gasteiger partial charge < -0.3 is 18.4 Å². The summed E-state index contributed by atoms with van der Waals surface area (Å²) in [7, 11) is 3.28.